The molecular weight excluding hydrogens is 253 g/mol. The lowest BCUT2D eigenvalue weighted by Gasteiger charge is -2.27. The maximum absolute atomic E-state index is 13.2. The Labute approximate surface area is 111 Å². The standard InChI is InChI=1S/C15H19F3O/c1-9-7-12(19)11(8-10(9)13(2,3)4)14(5-6-14)15(16,17)18/h7-8,19H,5-6H2,1-4H3. The molecule has 19 heavy (non-hydrogen) atoms. The Morgan fingerprint density at radius 1 is 1.11 bits per heavy atom. The van der Waals surface area contributed by atoms with Crippen LogP contribution in [0, 0.1) is 6.92 Å². The largest absolute Gasteiger partial charge is 0.508 e. The number of halogens is 3. The molecule has 0 amide bonds. The highest BCUT2D eigenvalue weighted by Gasteiger charge is 2.65. The maximum atomic E-state index is 13.2. The predicted molar refractivity (Wildman–Crippen MR) is 68.5 cm³/mol. The van der Waals surface area contributed by atoms with Crippen LogP contribution in [-0.4, -0.2) is 11.3 Å². The number of hydrogen-bond acceptors (Lipinski definition) is 1. The van der Waals surface area contributed by atoms with Gasteiger partial charge in [0.15, 0.2) is 0 Å². The highest BCUT2D eigenvalue weighted by Crippen LogP contribution is 2.61. The molecule has 106 valence electrons. The number of phenols is 1. The first-order chi connectivity index (χ1) is 8.49. The SMILES string of the molecule is Cc1cc(O)c(C2(C(F)(F)F)CC2)cc1C(C)(C)C. The summed E-state index contributed by atoms with van der Waals surface area (Å²) in [5.41, 5.74) is -0.350. The van der Waals surface area contributed by atoms with Crippen molar-refractivity contribution in [1.82, 2.24) is 0 Å². The normalized spacial score (nSPS) is 18.5. The van der Waals surface area contributed by atoms with Crippen molar-refractivity contribution >= 4 is 0 Å². The number of rotatable bonds is 1. The Hall–Kier alpha value is -1.19. The molecule has 0 unspecified atom stereocenters. The molecule has 1 saturated carbocycles. The quantitative estimate of drug-likeness (QED) is 0.792. The van der Waals surface area contributed by atoms with Gasteiger partial charge in [0, 0.05) is 5.56 Å². The third-order valence-electron chi connectivity index (χ3n) is 3.96. The second-order valence-corrected chi connectivity index (χ2v) is 6.51. The van der Waals surface area contributed by atoms with E-state index >= 15 is 0 Å². The highest BCUT2D eigenvalue weighted by molar-refractivity contribution is 5.50. The third kappa shape index (κ3) is 2.21. The van der Waals surface area contributed by atoms with Crippen LogP contribution in [0.3, 0.4) is 0 Å². The summed E-state index contributed by atoms with van der Waals surface area (Å²) in [7, 11) is 0. The van der Waals surface area contributed by atoms with Gasteiger partial charge in [-0.1, -0.05) is 26.8 Å². The Kier molecular flexibility index (Phi) is 2.92. The maximum Gasteiger partial charge on any atom is 0.398 e. The second-order valence-electron chi connectivity index (χ2n) is 6.51. The van der Waals surface area contributed by atoms with E-state index in [1.54, 1.807) is 6.07 Å². The molecule has 1 N–H and O–H groups in total. The van der Waals surface area contributed by atoms with E-state index in [2.05, 4.69) is 0 Å². The smallest absolute Gasteiger partial charge is 0.398 e. The lowest BCUT2D eigenvalue weighted by molar-refractivity contribution is -0.161. The molecular formula is C15H19F3O. The summed E-state index contributed by atoms with van der Waals surface area (Å²) in [6.07, 6.45) is -4.16. The minimum Gasteiger partial charge on any atom is -0.508 e. The summed E-state index contributed by atoms with van der Waals surface area (Å²) in [6.45, 7) is 7.70. The van der Waals surface area contributed by atoms with Crippen molar-refractivity contribution in [2.75, 3.05) is 0 Å². The Bertz CT molecular complexity index is 505. The number of aromatic hydroxyl groups is 1. The van der Waals surface area contributed by atoms with Crippen molar-refractivity contribution in [1.29, 1.82) is 0 Å². The number of benzene rings is 1. The number of alkyl halides is 3. The average molecular weight is 272 g/mol. The zero-order valence-corrected chi connectivity index (χ0v) is 11.7. The van der Waals surface area contributed by atoms with Gasteiger partial charge in [0.1, 0.15) is 5.75 Å². The van der Waals surface area contributed by atoms with Gasteiger partial charge in [0.05, 0.1) is 5.41 Å². The summed E-state index contributed by atoms with van der Waals surface area (Å²) in [4.78, 5) is 0. The van der Waals surface area contributed by atoms with E-state index in [1.807, 2.05) is 27.7 Å². The fraction of sp³-hybridized carbons (Fsp3) is 0.600. The fourth-order valence-electron chi connectivity index (χ4n) is 2.71. The Morgan fingerprint density at radius 2 is 1.63 bits per heavy atom. The Balaban J connectivity index is 2.60. The number of hydrogen-bond donors (Lipinski definition) is 1. The van der Waals surface area contributed by atoms with Crippen LogP contribution in [0.25, 0.3) is 0 Å². The van der Waals surface area contributed by atoms with Gasteiger partial charge >= 0.3 is 6.18 Å². The average Bonchev–Trinajstić information content (AvgIpc) is 2.94. The van der Waals surface area contributed by atoms with Crippen molar-refractivity contribution in [3.63, 3.8) is 0 Å². The zero-order chi connectivity index (χ0) is 14.6. The van der Waals surface area contributed by atoms with Crippen LogP contribution in [0.5, 0.6) is 5.75 Å². The van der Waals surface area contributed by atoms with E-state index in [9.17, 15) is 18.3 Å². The molecule has 1 nitrogen and oxygen atoms in total. The van der Waals surface area contributed by atoms with E-state index in [4.69, 9.17) is 0 Å². The van der Waals surface area contributed by atoms with Crippen molar-refractivity contribution in [3.05, 3.63) is 28.8 Å². The minimum absolute atomic E-state index is 0.0375. The minimum atomic E-state index is -4.30. The van der Waals surface area contributed by atoms with Gasteiger partial charge in [-0.05, 0) is 42.4 Å². The summed E-state index contributed by atoms with van der Waals surface area (Å²) < 4.78 is 39.5. The van der Waals surface area contributed by atoms with Crippen molar-refractivity contribution in [2.45, 2.75) is 57.5 Å². The zero-order valence-electron chi connectivity index (χ0n) is 11.7. The number of phenolic OH excluding ortho intramolecular Hbond substituents is 1. The van der Waals surface area contributed by atoms with Crippen molar-refractivity contribution in [2.24, 2.45) is 0 Å². The van der Waals surface area contributed by atoms with Gasteiger partial charge in [0.2, 0.25) is 0 Å². The van der Waals surface area contributed by atoms with E-state index in [0.29, 0.717) is 0 Å². The van der Waals surface area contributed by atoms with E-state index in [1.165, 1.54) is 6.07 Å². The topological polar surface area (TPSA) is 20.2 Å². The molecule has 0 radical (unpaired) electrons. The van der Waals surface area contributed by atoms with Gasteiger partial charge in [-0.2, -0.15) is 13.2 Å². The number of aryl methyl sites for hydroxylation is 1. The third-order valence-corrected chi connectivity index (χ3v) is 3.96. The van der Waals surface area contributed by atoms with Gasteiger partial charge in [-0.25, -0.2) is 0 Å². The van der Waals surface area contributed by atoms with E-state index < -0.39 is 11.6 Å². The van der Waals surface area contributed by atoms with Crippen LogP contribution in [-0.2, 0) is 10.8 Å². The van der Waals surface area contributed by atoms with E-state index in [0.717, 1.165) is 11.1 Å². The first kappa shape index (κ1) is 14.2. The second kappa shape index (κ2) is 3.90. The summed E-state index contributed by atoms with van der Waals surface area (Å²) in [5.74, 6) is -0.236. The van der Waals surface area contributed by atoms with Crippen molar-refractivity contribution < 1.29 is 18.3 Å². The molecule has 1 fully saturated rings. The molecule has 0 aromatic heterocycles. The van der Waals surface area contributed by atoms with Gasteiger partial charge in [0.25, 0.3) is 0 Å². The summed E-state index contributed by atoms with van der Waals surface area (Å²) in [5, 5.41) is 9.92. The molecule has 0 spiro atoms. The molecule has 1 aromatic carbocycles. The van der Waals surface area contributed by atoms with Crippen LogP contribution in [0.4, 0.5) is 13.2 Å². The Morgan fingerprint density at radius 3 is 2.00 bits per heavy atom. The molecule has 1 aliphatic rings. The molecule has 0 bridgehead atoms. The predicted octanol–water partition coefficient (Wildman–Crippen LogP) is 4.59. The first-order valence-electron chi connectivity index (χ1n) is 6.40. The van der Waals surface area contributed by atoms with Crippen LogP contribution in [0.15, 0.2) is 12.1 Å². The van der Waals surface area contributed by atoms with Gasteiger partial charge < -0.3 is 5.11 Å². The molecule has 0 aliphatic heterocycles. The molecule has 0 heterocycles. The lowest BCUT2D eigenvalue weighted by atomic mass is 9.80. The molecule has 4 heteroatoms. The molecule has 2 rings (SSSR count). The fourth-order valence-corrected chi connectivity index (χ4v) is 2.71. The molecule has 0 atom stereocenters. The summed E-state index contributed by atoms with van der Waals surface area (Å²) >= 11 is 0. The molecule has 1 aromatic rings. The van der Waals surface area contributed by atoms with Gasteiger partial charge in [-0.15, -0.1) is 0 Å². The monoisotopic (exact) mass is 272 g/mol. The van der Waals surface area contributed by atoms with Crippen LogP contribution < -0.4 is 0 Å². The molecule has 1 aliphatic carbocycles. The van der Waals surface area contributed by atoms with Crippen molar-refractivity contribution in [3.8, 4) is 5.75 Å². The van der Waals surface area contributed by atoms with Crippen LogP contribution >= 0.6 is 0 Å². The lowest BCUT2D eigenvalue weighted by Crippen LogP contribution is -2.29. The van der Waals surface area contributed by atoms with Crippen LogP contribution in [0.2, 0.25) is 0 Å². The highest BCUT2D eigenvalue weighted by atomic mass is 19.4. The first-order valence-corrected chi connectivity index (χ1v) is 6.40. The van der Waals surface area contributed by atoms with Gasteiger partial charge in [-0.3, -0.25) is 0 Å². The van der Waals surface area contributed by atoms with E-state index in [-0.39, 0.29) is 29.6 Å². The van der Waals surface area contributed by atoms with Crippen LogP contribution in [0.1, 0.15) is 50.3 Å². The summed E-state index contributed by atoms with van der Waals surface area (Å²) in [6, 6.07) is 3.01. The molecule has 0 saturated heterocycles.